The van der Waals surface area contributed by atoms with Gasteiger partial charge in [-0.1, -0.05) is 13.8 Å². The van der Waals surface area contributed by atoms with Gasteiger partial charge in [0.25, 0.3) is 5.91 Å². The van der Waals surface area contributed by atoms with E-state index in [1.54, 1.807) is 24.3 Å². The van der Waals surface area contributed by atoms with Crippen LogP contribution in [0.4, 0.5) is 10.5 Å². The van der Waals surface area contributed by atoms with Crippen LogP contribution in [0.3, 0.4) is 0 Å². The molecule has 1 aromatic carbocycles. The summed E-state index contributed by atoms with van der Waals surface area (Å²) in [5, 5.41) is 8.48. The maximum absolute atomic E-state index is 12.3. The molecule has 0 spiro atoms. The van der Waals surface area contributed by atoms with Gasteiger partial charge in [0.05, 0.1) is 5.54 Å². The maximum atomic E-state index is 12.3. The average molecular weight is 320 g/mol. The molecule has 0 heterocycles. The molecule has 0 atom stereocenters. The predicted octanol–water partition coefficient (Wildman–Crippen LogP) is 2.46. The molecule has 128 valence electrons. The zero-order chi connectivity index (χ0) is 17.5. The van der Waals surface area contributed by atoms with Gasteiger partial charge in [0.15, 0.2) is 0 Å². The second kappa shape index (κ2) is 8.53. The van der Waals surface area contributed by atoms with Gasteiger partial charge < -0.3 is 21.7 Å². The first kappa shape index (κ1) is 19.0. The highest BCUT2D eigenvalue weighted by Gasteiger charge is 2.26. The molecule has 0 bridgehead atoms. The number of hydrogen-bond acceptors (Lipinski definition) is 3. The van der Waals surface area contributed by atoms with Crippen LogP contribution in [-0.2, 0) is 0 Å². The van der Waals surface area contributed by atoms with Gasteiger partial charge in [-0.3, -0.25) is 4.79 Å². The molecule has 6 nitrogen and oxygen atoms in total. The van der Waals surface area contributed by atoms with E-state index in [0.29, 0.717) is 17.8 Å². The van der Waals surface area contributed by atoms with Crippen LogP contribution in [0.25, 0.3) is 0 Å². The molecule has 0 saturated heterocycles. The fourth-order valence-electron chi connectivity index (χ4n) is 2.21. The van der Waals surface area contributed by atoms with Crippen molar-refractivity contribution in [2.75, 3.05) is 11.9 Å². The van der Waals surface area contributed by atoms with Crippen molar-refractivity contribution >= 4 is 17.6 Å². The minimum absolute atomic E-state index is 0.0625. The standard InChI is InChI=1S/C17H28N4O2/c1-5-17(6-2,11-18)21-15(22)13-7-9-14(10-8-13)20-16(23)19-12(3)4/h7-10,12H,5-6,11,18H2,1-4H3,(H,21,22)(H2,19,20,23). The first-order chi connectivity index (χ1) is 10.9. The fraction of sp³-hybridized carbons (Fsp3) is 0.529. The molecule has 0 aromatic heterocycles. The summed E-state index contributed by atoms with van der Waals surface area (Å²) in [7, 11) is 0. The number of hydrogen-bond donors (Lipinski definition) is 4. The van der Waals surface area contributed by atoms with Gasteiger partial charge in [-0.2, -0.15) is 0 Å². The molecule has 3 amide bonds. The Labute approximate surface area is 138 Å². The normalized spacial score (nSPS) is 11.2. The molecule has 0 radical (unpaired) electrons. The van der Waals surface area contributed by atoms with Crippen molar-refractivity contribution < 1.29 is 9.59 Å². The molecule has 0 unspecified atom stereocenters. The lowest BCUT2D eigenvalue weighted by molar-refractivity contribution is 0.0895. The van der Waals surface area contributed by atoms with Crippen LogP contribution in [-0.4, -0.2) is 30.1 Å². The van der Waals surface area contributed by atoms with Crippen LogP contribution < -0.4 is 21.7 Å². The number of rotatable bonds is 7. The van der Waals surface area contributed by atoms with Crippen molar-refractivity contribution in [1.82, 2.24) is 10.6 Å². The Kier molecular flexibility index (Phi) is 7.03. The van der Waals surface area contributed by atoms with E-state index < -0.39 is 0 Å². The SMILES string of the molecule is CCC(CC)(CN)NC(=O)c1ccc(NC(=O)NC(C)C)cc1. The second-order valence-electron chi connectivity index (χ2n) is 5.98. The third-order valence-electron chi connectivity index (χ3n) is 3.95. The Bertz CT molecular complexity index is 514. The molecule has 0 aliphatic heterocycles. The zero-order valence-corrected chi connectivity index (χ0v) is 14.4. The number of carbonyl (C=O) groups is 2. The van der Waals surface area contributed by atoms with Crippen molar-refractivity contribution in [2.24, 2.45) is 5.73 Å². The smallest absolute Gasteiger partial charge is 0.319 e. The number of benzene rings is 1. The maximum Gasteiger partial charge on any atom is 0.319 e. The van der Waals surface area contributed by atoms with Gasteiger partial charge in [0, 0.05) is 23.8 Å². The summed E-state index contributed by atoms with van der Waals surface area (Å²) in [5.74, 6) is -0.155. The molecule has 0 saturated carbocycles. The number of carbonyl (C=O) groups excluding carboxylic acids is 2. The number of urea groups is 1. The van der Waals surface area contributed by atoms with Crippen molar-refractivity contribution in [2.45, 2.75) is 52.1 Å². The molecule has 23 heavy (non-hydrogen) atoms. The van der Waals surface area contributed by atoms with Crippen molar-refractivity contribution in [1.29, 1.82) is 0 Å². The largest absolute Gasteiger partial charge is 0.345 e. The Hall–Kier alpha value is -2.08. The van der Waals surface area contributed by atoms with Crippen LogP contribution >= 0.6 is 0 Å². The van der Waals surface area contributed by atoms with Gasteiger partial charge in [0.1, 0.15) is 0 Å². The van der Waals surface area contributed by atoms with Crippen LogP contribution in [0.15, 0.2) is 24.3 Å². The Morgan fingerprint density at radius 3 is 2.13 bits per heavy atom. The number of nitrogens with two attached hydrogens (primary N) is 1. The average Bonchev–Trinajstić information content (AvgIpc) is 2.52. The van der Waals surface area contributed by atoms with E-state index in [4.69, 9.17) is 5.73 Å². The minimum atomic E-state index is -0.370. The van der Waals surface area contributed by atoms with E-state index >= 15 is 0 Å². The Balaban J connectivity index is 2.72. The quantitative estimate of drug-likeness (QED) is 0.621. The van der Waals surface area contributed by atoms with Crippen LogP contribution in [0.1, 0.15) is 50.9 Å². The van der Waals surface area contributed by atoms with E-state index in [1.165, 1.54) is 0 Å². The molecule has 6 heteroatoms. The van der Waals surface area contributed by atoms with E-state index in [9.17, 15) is 9.59 Å². The second-order valence-corrected chi connectivity index (χ2v) is 5.98. The van der Waals surface area contributed by atoms with E-state index in [0.717, 1.165) is 12.8 Å². The van der Waals surface area contributed by atoms with Gasteiger partial charge in [-0.05, 0) is 51.0 Å². The highest BCUT2D eigenvalue weighted by Crippen LogP contribution is 2.15. The van der Waals surface area contributed by atoms with Crippen LogP contribution in [0.2, 0.25) is 0 Å². The topological polar surface area (TPSA) is 96.2 Å². The van der Waals surface area contributed by atoms with Gasteiger partial charge in [-0.15, -0.1) is 0 Å². The summed E-state index contributed by atoms with van der Waals surface area (Å²) < 4.78 is 0. The number of nitrogens with one attached hydrogen (secondary N) is 3. The first-order valence-corrected chi connectivity index (χ1v) is 8.06. The lowest BCUT2D eigenvalue weighted by atomic mass is 9.92. The van der Waals surface area contributed by atoms with Crippen molar-refractivity contribution in [3.63, 3.8) is 0 Å². The molecular weight excluding hydrogens is 292 g/mol. The van der Waals surface area contributed by atoms with Crippen molar-refractivity contribution in [3.05, 3.63) is 29.8 Å². The molecule has 1 aromatic rings. The zero-order valence-electron chi connectivity index (χ0n) is 14.4. The highest BCUT2D eigenvalue weighted by atomic mass is 16.2. The molecule has 0 fully saturated rings. The van der Waals surface area contributed by atoms with Gasteiger partial charge in [0.2, 0.25) is 0 Å². The summed E-state index contributed by atoms with van der Waals surface area (Å²) in [6.45, 7) is 8.20. The van der Waals surface area contributed by atoms with Gasteiger partial charge >= 0.3 is 6.03 Å². The van der Waals surface area contributed by atoms with E-state index in [-0.39, 0.29) is 23.5 Å². The molecule has 5 N–H and O–H groups in total. The van der Waals surface area contributed by atoms with Gasteiger partial charge in [-0.25, -0.2) is 4.79 Å². The summed E-state index contributed by atoms with van der Waals surface area (Å²) in [5.41, 5.74) is 6.61. The monoisotopic (exact) mass is 320 g/mol. The number of amides is 3. The van der Waals surface area contributed by atoms with E-state index in [2.05, 4.69) is 16.0 Å². The van der Waals surface area contributed by atoms with E-state index in [1.807, 2.05) is 27.7 Å². The molecule has 0 aliphatic carbocycles. The summed E-state index contributed by atoms with van der Waals surface area (Å²) in [4.78, 5) is 24.0. The van der Waals surface area contributed by atoms with Crippen LogP contribution in [0, 0.1) is 0 Å². The first-order valence-electron chi connectivity index (χ1n) is 8.06. The van der Waals surface area contributed by atoms with Crippen molar-refractivity contribution in [3.8, 4) is 0 Å². The molecule has 1 rings (SSSR count). The third-order valence-corrected chi connectivity index (χ3v) is 3.95. The number of anilines is 1. The predicted molar refractivity (Wildman–Crippen MR) is 93.6 cm³/mol. The summed E-state index contributed by atoms with van der Waals surface area (Å²) >= 11 is 0. The fourth-order valence-corrected chi connectivity index (χ4v) is 2.21. The highest BCUT2D eigenvalue weighted by molar-refractivity contribution is 5.96. The third kappa shape index (κ3) is 5.56. The summed E-state index contributed by atoms with van der Waals surface area (Å²) in [6.07, 6.45) is 1.56. The lowest BCUT2D eigenvalue weighted by Gasteiger charge is -2.31. The molecule has 0 aliphatic rings. The minimum Gasteiger partial charge on any atom is -0.345 e. The molecular formula is C17H28N4O2. The van der Waals surface area contributed by atoms with Crippen LogP contribution in [0.5, 0.6) is 0 Å². The Morgan fingerprint density at radius 1 is 1.13 bits per heavy atom. The lowest BCUT2D eigenvalue weighted by Crippen LogP contribution is -2.52. The summed E-state index contributed by atoms with van der Waals surface area (Å²) in [6, 6.07) is 6.58. The Morgan fingerprint density at radius 2 is 1.70 bits per heavy atom.